The van der Waals surface area contributed by atoms with Gasteiger partial charge in [0.2, 0.25) is 0 Å². The molecule has 4 rings (SSSR count). The summed E-state index contributed by atoms with van der Waals surface area (Å²) in [6, 6.07) is 28.5. The van der Waals surface area contributed by atoms with Crippen LogP contribution in [-0.4, -0.2) is 21.5 Å². The minimum Gasteiger partial charge on any atom is -0.384 e. The lowest BCUT2D eigenvalue weighted by Crippen LogP contribution is -2.44. The van der Waals surface area contributed by atoms with Gasteiger partial charge in [-0.05, 0) is 16.7 Å². The number of carbonyl (C=O) groups is 1. The third-order valence-electron chi connectivity index (χ3n) is 5.78. The standard InChI is InChI=1S/C27H26N4O3/c1-30-26(33)23(25(28)31(27(30)34)18-19-11-5-2-6-12-19)22(32)17-29-24(20-13-7-3-8-14-20)21-15-9-4-10-16-21/h2-16,24,29H,17-18,28H2,1H3. The quantitative estimate of drug-likeness (QED) is 0.399. The van der Waals surface area contributed by atoms with Gasteiger partial charge >= 0.3 is 5.69 Å². The second-order valence-electron chi connectivity index (χ2n) is 8.04. The zero-order chi connectivity index (χ0) is 24.1. The SMILES string of the molecule is Cn1c(=O)c(C(=O)CNC(c2ccccc2)c2ccccc2)c(N)n(Cc2ccccc2)c1=O. The van der Waals surface area contributed by atoms with Crippen LogP contribution in [0, 0.1) is 0 Å². The highest BCUT2D eigenvalue weighted by Crippen LogP contribution is 2.21. The molecule has 0 saturated carbocycles. The van der Waals surface area contributed by atoms with Gasteiger partial charge in [-0.2, -0.15) is 0 Å². The van der Waals surface area contributed by atoms with E-state index in [1.807, 2.05) is 91.0 Å². The van der Waals surface area contributed by atoms with Crippen LogP contribution in [0.3, 0.4) is 0 Å². The van der Waals surface area contributed by atoms with E-state index >= 15 is 0 Å². The van der Waals surface area contributed by atoms with Crippen molar-refractivity contribution in [2.24, 2.45) is 7.05 Å². The molecule has 0 saturated heterocycles. The van der Waals surface area contributed by atoms with Gasteiger partial charge < -0.3 is 5.73 Å². The fourth-order valence-corrected chi connectivity index (χ4v) is 3.97. The lowest BCUT2D eigenvalue weighted by atomic mass is 9.98. The minimum atomic E-state index is -0.699. The van der Waals surface area contributed by atoms with Crippen molar-refractivity contribution in [2.75, 3.05) is 12.3 Å². The van der Waals surface area contributed by atoms with Crippen LogP contribution in [0.2, 0.25) is 0 Å². The number of aromatic nitrogens is 2. The maximum atomic E-state index is 13.3. The lowest BCUT2D eigenvalue weighted by Gasteiger charge is -2.20. The van der Waals surface area contributed by atoms with Crippen molar-refractivity contribution in [1.82, 2.24) is 14.5 Å². The first-order chi connectivity index (χ1) is 16.5. The van der Waals surface area contributed by atoms with E-state index in [2.05, 4.69) is 5.32 Å². The largest absolute Gasteiger partial charge is 0.384 e. The summed E-state index contributed by atoms with van der Waals surface area (Å²) in [4.78, 5) is 38.9. The maximum Gasteiger partial charge on any atom is 0.332 e. The monoisotopic (exact) mass is 454 g/mol. The van der Waals surface area contributed by atoms with E-state index in [9.17, 15) is 14.4 Å². The van der Waals surface area contributed by atoms with Crippen LogP contribution >= 0.6 is 0 Å². The van der Waals surface area contributed by atoms with Crippen LogP contribution in [0.15, 0.2) is 101 Å². The molecule has 7 nitrogen and oxygen atoms in total. The van der Waals surface area contributed by atoms with Gasteiger partial charge in [0.25, 0.3) is 5.56 Å². The van der Waals surface area contributed by atoms with E-state index in [0.29, 0.717) is 0 Å². The fraction of sp³-hybridized carbons (Fsp3) is 0.148. The number of ketones is 1. The number of hydrogen-bond acceptors (Lipinski definition) is 5. The van der Waals surface area contributed by atoms with Gasteiger partial charge in [0.15, 0.2) is 5.78 Å². The van der Waals surface area contributed by atoms with Crippen LogP contribution < -0.4 is 22.3 Å². The zero-order valence-corrected chi connectivity index (χ0v) is 18.8. The normalized spacial score (nSPS) is 11.0. The number of carbonyl (C=O) groups excluding carboxylic acids is 1. The first kappa shape index (κ1) is 22.9. The van der Waals surface area contributed by atoms with Crippen molar-refractivity contribution in [3.63, 3.8) is 0 Å². The van der Waals surface area contributed by atoms with Crippen LogP contribution in [0.1, 0.15) is 33.1 Å². The van der Waals surface area contributed by atoms with E-state index in [1.54, 1.807) is 0 Å². The third-order valence-corrected chi connectivity index (χ3v) is 5.78. The Balaban J connectivity index is 1.66. The van der Waals surface area contributed by atoms with Crippen molar-refractivity contribution in [2.45, 2.75) is 12.6 Å². The van der Waals surface area contributed by atoms with E-state index in [1.165, 1.54) is 11.6 Å². The van der Waals surface area contributed by atoms with Gasteiger partial charge in [-0.15, -0.1) is 0 Å². The number of anilines is 1. The average Bonchev–Trinajstić information content (AvgIpc) is 2.87. The molecule has 3 N–H and O–H groups in total. The number of hydrogen-bond donors (Lipinski definition) is 2. The highest BCUT2D eigenvalue weighted by Gasteiger charge is 2.23. The number of benzene rings is 3. The van der Waals surface area contributed by atoms with E-state index < -0.39 is 17.0 Å². The molecule has 0 fully saturated rings. The molecule has 4 aromatic rings. The molecule has 172 valence electrons. The molecule has 34 heavy (non-hydrogen) atoms. The Bertz CT molecular complexity index is 1360. The average molecular weight is 455 g/mol. The van der Waals surface area contributed by atoms with Gasteiger partial charge in [-0.25, -0.2) is 4.79 Å². The summed E-state index contributed by atoms with van der Waals surface area (Å²) in [5.41, 5.74) is 7.57. The Morgan fingerprint density at radius 1 is 0.853 bits per heavy atom. The fourth-order valence-electron chi connectivity index (χ4n) is 3.97. The second-order valence-corrected chi connectivity index (χ2v) is 8.04. The van der Waals surface area contributed by atoms with Crippen molar-refractivity contribution in [3.8, 4) is 0 Å². The Kier molecular flexibility index (Phi) is 6.85. The van der Waals surface area contributed by atoms with Crippen LogP contribution in [-0.2, 0) is 13.6 Å². The topological polar surface area (TPSA) is 99.1 Å². The number of nitrogens with one attached hydrogen (secondary N) is 1. The molecule has 0 amide bonds. The summed E-state index contributed by atoms with van der Waals surface area (Å²) in [7, 11) is 1.35. The first-order valence-corrected chi connectivity index (χ1v) is 11.0. The molecule has 0 aliphatic heterocycles. The lowest BCUT2D eigenvalue weighted by molar-refractivity contribution is 0.0987. The van der Waals surface area contributed by atoms with Crippen molar-refractivity contribution in [3.05, 3.63) is 134 Å². The highest BCUT2D eigenvalue weighted by molar-refractivity contribution is 6.01. The minimum absolute atomic E-state index is 0.125. The summed E-state index contributed by atoms with van der Waals surface area (Å²) in [5.74, 6) is -0.600. The summed E-state index contributed by atoms with van der Waals surface area (Å²) in [6.07, 6.45) is 0. The summed E-state index contributed by atoms with van der Waals surface area (Å²) >= 11 is 0. The Morgan fingerprint density at radius 2 is 1.35 bits per heavy atom. The predicted octanol–water partition coefficient (Wildman–Crippen LogP) is 2.74. The molecule has 0 spiro atoms. The van der Waals surface area contributed by atoms with Crippen molar-refractivity contribution < 1.29 is 4.79 Å². The smallest absolute Gasteiger partial charge is 0.332 e. The van der Waals surface area contributed by atoms with Crippen molar-refractivity contribution in [1.29, 1.82) is 0 Å². The Morgan fingerprint density at radius 3 is 1.88 bits per heavy atom. The third kappa shape index (κ3) is 4.74. The van der Waals surface area contributed by atoms with E-state index in [4.69, 9.17) is 5.73 Å². The molecule has 7 heteroatoms. The molecule has 1 aromatic heterocycles. The highest BCUT2D eigenvalue weighted by atomic mass is 16.2. The molecule has 0 radical (unpaired) electrons. The van der Waals surface area contributed by atoms with Gasteiger partial charge in [0.1, 0.15) is 11.4 Å². The number of nitrogens with zero attached hydrogens (tertiary/aromatic N) is 2. The number of rotatable bonds is 8. The molecule has 0 bridgehead atoms. The Hall–Kier alpha value is -4.23. The van der Waals surface area contributed by atoms with Gasteiger partial charge in [0, 0.05) is 7.05 Å². The van der Waals surface area contributed by atoms with E-state index in [0.717, 1.165) is 21.3 Å². The zero-order valence-electron chi connectivity index (χ0n) is 18.8. The van der Waals surface area contributed by atoms with Crippen LogP contribution in [0.4, 0.5) is 5.82 Å². The predicted molar refractivity (Wildman–Crippen MR) is 133 cm³/mol. The Labute approximate surface area is 197 Å². The number of nitrogen functional groups attached to an aromatic ring is 1. The molecule has 1 heterocycles. The number of nitrogens with two attached hydrogens (primary N) is 1. The van der Waals surface area contributed by atoms with Crippen LogP contribution in [0.5, 0.6) is 0 Å². The number of Topliss-reactive ketones (excluding diaryl/α,β-unsaturated/α-hetero) is 1. The molecule has 0 atom stereocenters. The molecular weight excluding hydrogens is 428 g/mol. The first-order valence-electron chi connectivity index (χ1n) is 11.0. The summed E-state index contributed by atoms with van der Waals surface area (Å²) in [6.45, 7) is 0.0292. The molecule has 3 aromatic carbocycles. The molecular formula is C27H26N4O3. The molecule has 0 unspecified atom stereocenters. The second kappa shape index (κ2) is 10.1. The summed E-state index contributed by atoms with van der Waals surface area (Å²) < 4.78 is 2.19. The molecule has 0 aliphatic rings. The van der Waals surface area contributed by atoms with Gasteiger partial charge in [-0.3, -0.25) is 24.0 Å². The van der Waals surface area contributed by atoms with Gasteiger partial charge in [0.05, 0.1) is 19.1 Å². The molecule has 0 aliphatic carbocycles. The van der Waals surface area contributed by atoms with Crippen molar-refractivity contribution >= 4 is 11.6 Å². The van der Waals surface area contributed by atoms with Crippen LogP contribution in [0.25, 0.3) is 0 Å². The maximum absolute atomic E-state index is 13.3. The van der Waals surface area contributed by atoms with E-state index in [-0.39, 0.29) is 30.5 Å². The summed E-state index contributed by atoms with van der Waals surface area (Å²) in [5, 5.41) is 3.27. The van der Waals surface area contributed by atoms with Gasteiger partial charge in [-0.1, -0.05) is 91.0 Å².